The van der Waals surface area contributed by atoms with Crippen molar-refractivity contribution < 1.29 is 14.4 Å². The number of Topliss-reactive ketones (excluding diaryl/α,β-unsaturated/α-hetero) is 1. The largest absolute Gasteiger partial charge is 0.349 e. The molecule has 2 amide bonds. The van der Waals surface area contributed by atoms with Crippen molar-refractivity contribution in [3.8, 4) is 0 Å². The monoisotopic (exact) mass is 352 g/mol. The van der Waals surface area contributed by atoms with Crippen LogP contribution in [-0.2, 0) is 9.59 Å². The topological polar surface area (TPSA) is 75.3 Å². The Morgan fingerprint density at radius 2 is 1.95 bits per heavy atom. The van der Waals surface area contributed by atoms with Gasteiger partial charge >= 0.3 is 0 Å². The maximum Gasteiger partial charge on any atom is 0.289 e. The second-order valence-corrected chi connectivity index (χ2v) is 6.05. The molecule has 1 aliphatic rings. The molecule has 0 aromatic heterocycles. The lowest BCUT2D eigenvalue weighted by Gasteiger charge is -2.13. The van der Waals surface area contributed by atoms with Crippen LogP contribution in [0.1, 0.15) is 30.1 Å². The molecule has 1 aromatic rings. The molecule has 0 aliphatic heterocycles. The highest BCUT2D eigenvalue weighted by Gasteiger charge is 2.26. The zero-order valence-corrected chi connectivity index (χ0v) is 13.3. The molecule has 0 spiro atoms. The van der Waals surface area contributed by atoms with E-state index in [1.165, 1.54) is 6.92 Å². The predicted octanol–water partition coefficient (Wildman–Crippen LogP) is 1.66. The van der Waals surface area contributed by atoms with Crippen molar-refractivity contribution in [2.45, 2.75) is 25.8 Å². The number of rotatable bonds is 6. The average molecular weight is 353 g/mol. The summed E-state index contributed by atoms with van der Waals surface area (Å²) in [6.45, 7) is 2.04. The van der Waals surface area contributed by atoms with Gasteiger partial charge < -0.3 is 10.6 Å². The third-order valence-corrected chi connectivity index (χ3v) is 4.02. The lowest BCUT2D eigenvalue weighted by Crippen LogP contribution is -2.46. The Morgan fingerprint density at radius 1 is 1.29 bits per heavy atom. The Balaban J connectivity index is 1.88. The van der Waals surface area contributed by atoms with Gasteiger partial charge in [-0.25, -0.2) is 0 Å². The predicted molar refractivity (Wildman–Crippen MR) is 81.8 cm³/mol. The Hall–Kier alpha value is -1.69. The molecule has 0 radical (unpaired) electrons. The average Bonchev–Trinajstić information content (AvgIpc) is 3.28. The highest BCUT2D eigenvalue weighted by molar-refractivity contribution is 9.10. The number of hydrogen-bond acceptors (Lipinski definition) is 3. The minimum absolute atomic E-state index is 0.390. The highest BCUT2D eigenvalue weighted by atomic mass is 79.9. The fourth-order valence-corrected chi connectivity index (χ4v) is 2.29. The molecule has 1 fully saturated rings. The van der Waals surface area contributed by atoms with Crippen LogP contribution in [0.15, 0.2) is 28.7 Å². The second-order valence-electron chi connectivity index (χ2n) is 5.19. The third kappa shape index (κ3) is 4.39. The first kappa shape index (κ1) is 15.7. The maximum absolute atomic E-state index is 12.1. The fraction of sp³-hybridized carbons (Fsp3) is 0.400. The van der Waals surface area contributed by atoms with Crippen molar-refractivity contribution in [1.82, 2.24) is 10.6 Å². The maximum atomic E-state index is 12.1. The molecule has 6 heteroatoms. The number of halogens is 1. The minimum Gasteiger partial charge on any atom is -0.349 e. The van der Waals surface area contributed by atoms with Crippen LogP contribution in [-0.4, -0.2) is 30.2 Å². The van der Waals surface area contributed by atoms with Gasteiger partial charge in [0.1, 0.15) is 0 Å². The van der Waals surface area contributed by atoms with Crippen LogP contribution in [0.25, 0.3) is 0 Å². The molecule has 21 heavy (non-hydrogen) atoms. The van der Waals surface area contributed by atoms with E-state index in [2.05, 4.69) is 26.6 Å². The zero-order valence-electron chi connectivity index (χ0n) is 11.7. The van der Waals surface area contributed by atoms with Crippen molar-refractivity contribution >= 4 is 33.5 Å². The van der Waals surface area contributed by atoms with E-state index in [-0.39, 0.29) is 0 Å². The standard InChI is InChI=1S/C15H17BrN2O3/c1-9(13(19)15(21)17-8-10-6-7-10)18-14(20)11-4-2-3-5-12(11)16/h2-5,9-10H,6-8H2,1H3,(H,17,21)(H,18,20). The number of amides is 2. The van der Waals surface area contributed by atoms with Crippen molar-refractivity contribution in [2.24, 2.45) is 5.92 Å². The van der Waals surface area contributed by atoms with Gasteiger partial charge in [0.15, 0.2) is 0 Å². The molecule has 0 heterocycles. The number of hydrogen-bond donors (Lipinski definition) is 2. The first-order chi connectivity index (χ1) is 9.99. The first-order valence-electron chi connectivity index (χ1n) is 6.86. The van der Waals surface area contributed by atoms with E-state index >= 15 is 0 Å². The molecule has 112 valence electrons. The molecule has 0 saturated heterocycles. The SMILES string of the molecule is CC(NC(=O)c1ccccc1Br)C(=O)C(=O)NCC1CC1. The van der Waals surface area contributed by atoms with E-state index in [1.54, 1.807) is 24.3 Å². The summed E-state index contributed by atoms with van der Waals surface area (Å²) in [7, 11) is 0. The molecule has 2 N–H and O–H groups in total. The highest BCUT2D eigenvalue weighted by Crippen LogP contribution is 2.27. The van der Waals surface area contributed by atoms with E-state index in [1.807, 2.05) is 0 Å². The van der Waals surface area contributed by atoms with E-state index in [9.17, 15) is 14.4 Å². The summed E-state index contributed by atoms with van der Waals surface area (Å²) in [5.74, 6) is -1.15. The lowest BCUT2D eigenvalue weighted by atomic mass is 10.1. The molecule has 1 aliphatic carbocycles. The molecule has 1 unspecified atom stereocenters. The second kappa shape index (κ2) is 6.85. The van der Waals surface area contributed by atoms with Crippen LogP contribution >= 0.6 is 15.9 Å². The van der Waals surface area contributed by atoms with E-state index in [0.717, 1.165) is 12.8 Å². The summed E-state index contributed by atoms with van der Waals surface area (Å²) in [5, 5.41) is 5.14. The molecule has 5 nitrogen and oxygen atoms in total. The van der Waals surface area contributed by atoms with Crippen LogP contribution in [0.5, 0.6) is 0 Å². The Kier molecular flexibility index (Phi) is 5.12. The van der Waals surface area contributed by atoms with Gasteiger partial charge in [-0.2, -0.15) is 0 Å². The summed E-state index contributed by atoms with van der Waals surface area (Å²) < 4.78 is 0.639. The van der Waals surface area contributed by atoms with Gasteiger partial charge in [-0.15, -0.1) is 0 Å². The zero-order chi connectivity index (χ0) is 15.4. The van der Waals surface area contributed by atoms with Gasteiger partial charge in [0, 0.05) is 11.0 Å². The van der Waals surface area contributed by atoms with Crippen LogP contribution in [0, 0.1) is 5.92 Å². The van der Waals surface area contributed by atoms with Gasteiger partial charge in [0.25, 0.3) is 11.8 Å². The lowest BCUT2D eigenvalue weighted by molar-refractivity contribution is -0.138. The number of carbonyl (C=O) groups is 3. The summed E-state index contributed by atoms with van der Waals surface area (Å²) in [6.07, 6.45) is 2.20. The van der Waals surface area contributed by atoms with E-state index in [0.29, 0.717) is 22.5 Å². The Labute approximate surface area is 131 Å². The fourth-order valence-electron chi connectivity index (χ4n) is 1.83. The number of carbonyl (C=O) groups excluding carboxylic acids is 3. The van der Waals surface area contributed by atoms with Crippen molar-refractivity contribution in [2.75, 3.05) is 6.54 Å². The molecule has 1 saturated carbocycles. The molecule has 0 bridgehead atoms. The van der Waals surface area contributed by atoms with Gasteiger partial charge in [0.2, 0.25) is 5.78 Å². The minimum atomic E-state index is -0.858. The van der Waals surface area contributed by atoms with E-state index < -0.39 is 23.6 Å². The summed E-state index contributed by atoms with van der Waals surface area (Å²) in [4.78, 5) is 35.6. The molecule has 2 rings (SSSR count). The molecular weight excluding hydrogens is 336 g/mol. The van der Waals surface area contributed by atoms with Crippen molar-refractivity contribution in [1.29, 1.82) is 0 Å². The summed E-state index contributed by atoms with van der Waals surface area (Å²) in [5.41, 5.74) is 0.426. The van der Waals surface area contributed by atoms with Gasteiger partial charge in [-0.05, 0) is 53.7 Å². The quantitative estimate of drug-likeness (QED) is 0.764. The summed E-state index contributed by atoms with van der Waals surface area (Å²) >= 11 is 3.28. The van der Waals surface area contributed by atoms with Crippen LogP contribution in [0.3, 0.4) is 0 Å². The molecule has 1 aromatic carbocycles. The van der Waals surface area contributed by atoms with Crippen LogP contribution in [0.4, 0.5) is 0 Å². The van der Waals surface area contributed by atoms with Gasteiger partial charge in [-0.3, -0.25) is 14.4 Å². The summed E-state index contributed by atoms with van der Waals surface area (Å²) in [6, 6.07) is 6.05. The number of nitrogens with one attached hydrogen (secondary N) is 2. The smallest absolute Gasteiger partial charge is 0.289 e. The van der Waals surface area contributed by atoms with Gasteiger partial charge in [-0.1, -0.05) is 12.1 Å². The molecular formula is C15H17BrN2O3. The van der Waals surface area contributed by atoms with Crippen molar-refractivity contribution in [3.05, 3.63) is 34.3 Å². The van der Waals surface area contributed by atoms with Crippen LogP contribution in [0.2, 0.25) is 0 Å². The third-order valence-electron chi connectivity index (χ3n) is 3.33. The molecule has 1 atom stereocenters. The normalized spacial score (nSPS) is 15.1. The Morgan fingerprint density at radius 3 is 2.57 bits per heavy atom. The van der Waals surface area contributed by atoms with Gasteiger partial charge in [0.05, 0.1) is 11.6 Å². The number of benzene rings is 1. The first-order valence-corrected chi connectivity index (χ1v) is 7.65. The number of ketones is 1. The van der Waals surface area contributed by atoms with E-state index in [4.69, 9.17) is 0 Å². The Bertz CT molecular complexity index is 570. The van der Waals surface area contributed by atoms with Crippen LogP contribution < -0.4 is 10.6 Å². The van der Waals surface area contributed by atoms with Crippen molar-refractivity contribution in [3.63, 3.8) is 0 Å².